The Bertz CT molecular complexity index is 905. The Labute approximate surface area is 176 Å². The SMILES string of the molecule is Cc1cc(Oc2c(C)cc(CC(NC(=O)OC(C)C)C(=O)O)cc2C)cc(C)c1O. The number of aliphatic carboxylic acids is 1. The topological polar surface area (TPSA) is 105 Å². The second kappa shape index (κ2) is 9.52. The number of carboxylic acids is 1. The van der Waals surface area contributed by atoms with Crippen LogP contribution in [0.1, 0.15) is 41.7 Å². The van der Waals surface area contributed by atoms with Gasteiger partial charge >= 0.3 is 12.1 Å². The molecule has 30 heavy (non-hydrogen) atoms. The number of carboxylic acid groups (broad SMARTS) is 1. The van der Waals surface area contributed by atoms with Gasteiger partial charge in [-0.25, -0.2) is 9.59 Å². The first-order valence-electron chi connectivity index (χ1n) is 9.76. The van der Waals surface area contributed by atoms with Crippen LogP contribution in [0, 0.1) is 27.7 Å². The molecular weight excluding hydrogens is 386 g/mol. The molecule has 7 nitrogen and oxygen atoms in total. The summed E-state index contributed by atoms with van der Waals surface area (Å²) in [6.07, 6.45) is -0.988. The van der Waals surface area contributed by atoms with Gasteiger partial charge in [-0.15, -0.1) is 0 Å². The molecule has 0 spiro atoms. The Hall–Kier alpha value is -3.22. The van der Waals surface area contributed by atoms with Crippen molar-refractivity contribution in [1.29, 1.82) is 0 Å². The van der Waals surface area contributed by atoms with Crippen molar-refractivity contribution in [2.75, 3.05) is 0 Å². The predicted octanol–water partition coefficient (Wildman–Crippen LogP) is 4.55. The van der Waals surface area contributed by atoms with Gasteiger partial charge < -0.3 is 25.0 Å². The van der Waals surface area contributed by atoms with Crippen molar-refractivity contribution in [2.45, 2.75) is 60.1 Å². The number of rotatable bonds is 7. The highest BCUT2D eigenvalue weighted by Gasteiger charge is 2.22. The first kappa shape index (κ1) is 23.1. The van der Waals surface area contributed by atoms with Gasteiger partial charge in [0, 0.05) is 6.42 Å². The van der Waals surface area contributed by atoms with Crippen LogP contribution in [0.5, 0.6) is 17.2 Å². The quantitative estimate of drug-likeness (QED) is 0.613. The molecule has 0 saturated heterocycles. The van der Waals surface area contributed by atoms with Crippen molar-refractivity contribution in [3.8, 4) is 17.2 Å². The van der Waals surface area contributed by atoms with E-state index in [4.69, 9.17) is 9.47 Å². The molecule has 0 heterocycles. The van der Waals surface area contributed by atoms with Crippen molar-refractivity contribution in [1.82, 2.24) is 5.32 Å². The van der Waals surface area contributed by atoms with Crippen molar-refractivity contribution < 1.29 is 29.3 Å². The number of aryl methyl sites for hydroxylation is 4. The second-order valence-corrected chi connectivity index (χ2v) is 7.76. The fraction of sp³-hybridized carbons (Fsp3) is 0.391. The summed E-state index contributed by atoms with van der Waals surface area (Å²) >= 11 is 0. The van der Waals surface area contributed by atoms with E-state index in [1.807, 2.05) is 26.0 Å². The van der Waals surface area contributed by atoms with Crippen molar-refractivity contribution >= 4 is 12.1 Å². The summed E-state index contributed by atoms with van der Waals surface area (Å²) in [5, 5.41) is 21.8. The van der Waals surface area contributed by atoms with Gasteiger partial charge in [0.2, 0.25) is 0 Å². The van der Waals surface area contributed by atoms with Crippen LogP contribution >= 0.6 is 0 Å². The molecule has 0 bridgehead atoms. The zero-order valence-corrected chi connectivity index (χ0v) is 18.2. The number of phenolic OH excluding ortho intramolecular Hbond substituents is 1. The number of carbonyl (C=O) groups is 2. The number of amides is 1. The van der Waals surface area contributed by atoms with Gasteiger partial charge in [0.1, 0.15) is 23.3 Å². The van der Waals surface area contributed by atoms with E-state index in [0.29, 0.717) is 11.5 Å². The summed E-state index contributed by atoms with van der Waals surface area (Å²) in [5.74, 6) is 0.390. The van der Waals surface area contributed by atoms with E-state index in [2.05, 4.69) is 5.32 Å². The minimum atomic E-state index is -1.14. The highest BCUT2D eigenvalue weighted by atomic mass is 16.6. The average molecular weight is 415 g/mol. The Morgan fingerprint density at radius 2 is 1.50 bits per heavy atom. The average Bonchev–Trinajstić information content (AvgIpc) is 2.61. The maximum absolute atomic E-state index is 11.8. The number of hydrogen-bond acceptors (Lipinski definition) is 5. The van der Waals surface area contributed by atoms with Crippen LogP contribution in [0.15, 0.2) is 24.3 Å². The standard InChI is InChI=1S/C23H29NO6/c1-12(2)29-23(28)24-19(22(26)27)11-17-7-15(5)21(16(6)8-17)30-18-9-13(3)20(25)14(4)10-18/h7-10,12,19,25H,11H2,1-6H3,(H,24,28)(H,26,27). The fourth-order valence-corrected chi connectivity index (χ4v) is 3.24. The van der Waals surface area contributed by atoms with Gasteiger partial charge in [-0.1, -0.05) is 12.1 Å². The Balaban J connectivity index is 2.22. The van der Waals surface area contributed by atoms with Crippen LogP contribution in [0.4, 0.5) is 4.79 Å². The summed E-state index contributed by atoms with van der Waals surface area (Å²) in [7, 11) is 0. The van der Waals surface area contributed by atoms with E-state index >= 15 is 0 Å². The maximum atomic E-state index is 11.8. The van der Waals surface area contributed by atoms with Gasteiger partial charge in [0.25, 0.3) is 0 Å². The molecule has 1 unspecified atom stereocenters. The first-order valence-corrected chi connectivity index (χ1v) is 9.76. The number of benzene rings is 2. The van der Waals surface area contributed by atoms with Crippen molar-refractivity contribution in [3.05, 3.63) is 52.1 Å². The molecule has 162 valence electrons. The predicted molar refractivity (Wildman–Crippen MR) is 113 cm³/mol. The van der Waals surface area contributed by atoms with E-state index in [1.54, 1.807) is 39.8 Å². The monoisotopic (exact) mass is 415 g/mol. The van der Waals surface area contributed by atoms with Gasteiger partial charge in [-0.05, 0) is 81.5 Å². The molecule has 0 radical (unpaired) electrons. The smallest absolute Gasteiger partial charge is 0.408 e. The zero-order chi connectivity index (χ0) is 22.6. The van der Waals surface area contributed by atoms with Gasteiger partial charge in [-0.3, -0.25) is 0 Å². The van der Waals surface area contributed by atoms with Crippen molar-refractivity contribution in [3.63, 3.8) is 0 Å². The van der Waals surface area contributed by atoms with E-state index in [0.717, 1.165) is 27.8 Å². The van der Waals surface area contributed by atoms with Crippen molar-refractivity contribution in [2.24, 2.45) is 0 Å². The number of alkyl carbamates (subject to hydrolysis) is 1. The maximum Gasteiger partial charge on any atom is 0.408 e. The summed E-state index contributed by atoms with van der Waals surface area (Å²) in [5.41, 5.74) is 3.87. The molecule has 3 N–H and O–H groups in total. The summed E-state index contributed by atoms with van der Waals surface area (Å²) < 4.78 is 11.0. The normalized spacial score (nSPS) is 11.8. The minimum Gasteiger partial charge on any atom is -0.507 e. The lowest BCUT2D eigenvalue weighted by Crippen LogP contribution is -2.43. The highest BCUT2D eigenvalue weighted by Crippen LogP contribution is 2.34. The van der Waals surface area contributed by atoms with Crippen LogP contribution in [0.25, 0.3) is 0 Å². The molecule has 0 aliphatic carbocycles. The van der Waals surface area contributed by atoms with Crippen LogP contribution < -0.4 is 10.1 Å². The molecular formula is C23H29NO6. The van der Waals surface area contributed by atoms with E-state index in [1.165, 1.54) is 0 Å². The van der Waals surface area contributed by atoms with Gasteiger partial charge in [0.05, 0.1) is 6.10 Å². The third-order valence-corrected chi connectivity index (χ3v) is 4.58. The van der Waals surface area contributed by atoms with Crippen LogP contribution in [0.2, 0.25) is 0 Å². The van der Waals surface area contributed by atoms with Gasteiger partial charge in [0.15, 0.2) is 0 Å². The molecule has 2 aromatic carbocycles. The molecule has 2 rings (SSSR count). The first-order chi connectivity index (χ1) is 14.0. The molecule has 0 aliphatic heterocycles. The highest BCUT2D eigenvalue weighted by molar-refractivity contribution is 5.80. The summed E-state index contributed by atoms with van der Waals surface area (Å²) in [6, 6.07) is 6.10. The summed E-state index contributed by atoms with van der Waals surface area (Å²) in [6.45, 7) is 10.8. The van der Waals surface area contributed by atoms with Crippen LogP contribution in [-0.2, 0) is 16.0 Å². The molecule has 1 atom stereocenters. The molecule has 0 saturated carbocycles. The van der Waals surface area contributed by atoms with E-state index in [9.17, 15) is 19.8 Å². The lowest BCUT2D eigenvalue weighted by Gasteiger charge is -2.18. The fourth-order valence-electron chi connectivity index (χ4n) is 3.24. The molecule has 2 aromatic rings. The van der Waals surface area contributed by atoms with Crippen LogP contribution in [0.3, 0.4) is 0 Å². The number of ether oxygens (including phenoxy) is 2. The zero-order valence-electron chi connectivity index (χ0n) is 18.2. The molecule has 0 aliphatic rings. The molecule has 1 amide bonds. The van der Waals surface area contributed by atoms with Gasteiger partial charge in [-0.2, -0.15) is 0 Å². The number of phenols is 1. The van der Waals surface area contributed by atoms with Crippen LogP contribution in [-0.4, -0.2) is 34.4 Å². The van der Waals surface area contributed by atoms with E-state index < -0.39 is 18.1 Å². The largest absolute Gasteiger partial charge is 0.507 e. The Kier molecular flexibility index (Phi) is 7.32. The third kappa shape index (κ3) is 5.89. The second-order valence-electron chi connectivity index (χ2n) is 7.76. The third-order valence-electron chi connectivity index (χ3n) is 4.58. The minimum absolute atomic E-state index is 0.113. The number of hydrogen-bond donors (Lipinski definition) is 3. The summed E-state index contributed by atoms with van der Waals surface area (Å²) in [4.78, 5) is 23.4. The Morgan fingerprint density at radius 3 is 1.97 bits per heavy atom. The Morgan fingerprint density at radius 1 is 0.967 bits per heavy atom. The molecule has 7 heteroatoms. The lowest BCUT2D eigenvalue weighted by atomic mass is 10.00. The number of carbonyl (C=O) groups excluding carboxylic acids is 1. The molecule has 0 aromatic heterocycles. The van der Waals surface area contributed by atoms with E-state index in [-0.39, 0.29) is 18.3 Å². The molecule has 0 fully saturated rings. The lowest BCUT2D eigenvalue weighted by molar-refractivity contribution is -0.139. The number of aromatic hydroxyl groups is 1. The number of nitrogens with one attached hydrogen (secondary N) is 1.